The van der Waals surface area contributed by atoms with Crippen LogP contribution >= 0.6 is 0 Å². The zero-order valence-electron chi connectivity index (χ0n) is 32.8. The lowest BCUT2D eigenvalue weighted by Crippen LogP contribution is -2.15. The molecule has 0 spiro atoms. The lowest BCUT2D eigenvalue weighted by atomic mass is 9.82. The standard InChI is InChI=1S/C54H39N5/c1-54(2)47-25-12-9-22-43(47)44-33-32-39(35-48(44)54)52-55-51(56-53(57-52)59-49-26-13-10-23-45(49)46-24-11-14-27-50(46)59)37-30-28-36(29-31-37)38-16-15-21-42(34-38)58(40-17-5-3-6-18-40)41-19-7-4-8-20-41/h3-35H,1-2H3. The Morgan fingerprint density at radius 2 is 0.915 bits per heavy atom. The van der Waals surface area contributed by atoms with E-state index in [2.05, 4.69) is 224 Å². The maximum atomic E-state index is 5.27. The van der Waals surface area contributed by atoms with Crippen molar-refractivity contribution in [3.63, 3.8) is 0 Å². The second kappa shape index (κ2) is 13.8. The molecule has 0 saturated heterocycles. The number of anilines is 3. The lowest BCUT2D eigenvalue weighted by Gasteiger charge is -2.25. The second-order valence-electron chi connectivity index (χ2n) is 15.7. The number of aromatic nitrogens is 4. The zero-order chi connectivity index (χ0) is 39.5. The van der Waals surface area contributed by atoms with Crippen molar-refractivity contribution in [1.29, 1.82) is 0 Å². The third-order valence-corrected chi connectivity index (χ3v) is 11.9. The lowest BCUT2D eigenvalue weighted by molar-refractivity contribution is 0.660. The van der Waals surface area contributed by atoms with E-state index in [4.69, 9.17) is 15.0 Å². The van der Waals surface area contributed by atoms with Crippen LogP contribution < -0.4 is 4.90 Å². The van der Waals surface area contributed by atoms with Gasteiger partial charge in [-0.05, 0) is 88.0 Å². The van der Waals surface area contributed by atoms with E-state index in [1.54, 1.807) is 0 Å². The summed E-state index contributed by atoms with van der Waals surface area (Å²) in [7, 11) is 0. The summed E-state index contributed by atoms with van der Waals surface area (Å²) in [4.78, 5) is 18.0. The van der Waals surface area contributed by atoms with Crippen LogP contribution in [0.5, 0.6) is 0 Å². The van der Waals surface area contributed by atoms with Gasteiger partial charge >= 0.3 is 0 Å². The van der Waals surface area contributed by atoms with Gasteiger partial charge in [-0.1, -0.05) is 159 Å². The van der Waals surface area contributed by atoms with E-state index in [1.807, 2.05) is 0 Å². The Bertz CT molecular complexity index is 3090. The van der Waals surface area contributed by atoms with Crippen molar-refractivity contribution in [3.8, 4) is 51.0 Å². The minimum Gasteiger partial charge on any atom is -0.310 e. The third kappa shape index (κ3) is 5.81. The van der Waals surface area contributed by atoms with Gasteiger partial charge in [0.15, 0.2) is 11.6 Å². The van der Waals surface area contributed by atoms with Crippen molar-refractivity contribution in [2.24, 2.45) is 0 Å². The van der Waals surface area contributed by atoms with Crippen LogP contribution in [-0.4, -0.2) is 19.5 Å². The SMILES string of the molecule is CC1(C)c2ccccc2-c2ccc(-c3nc(-c4ccc(-c5cccc(N(c6ccccc6)c6ccccc6)c5)cc4)nc(-n4c5ccccc5c5ccccc54)n3)cc21. The van der Waals surface area contributed by atoms with Gasteiger partial charge in [0.25, 0.3) is 0 Å². The highest BCUT2D eigenvalue weighted by Gasteiger charge is 2.35. The van der Waals surface area contributed by atoms with Gasteiger partial charge in [0.05, 0.1) is 11.0 Å². The van der Waals surface area contributed by atoms with Crippen molar-refractivity contribution in [2.45, 2.75) is 19.3 Å². The Labute approximate surface area is 343 Å². The van der Waals surface area contributed by atoms with Gasteiger partial charge in [-0.3, -0.25) is 4.57 Å². The van der Waals surface area contributed by atoms with E-state index >= 15 is 0 Å². The van der Waals surface area contributed by atoms with Crippen LogP contribution in [0.25, 0.3) is 72.8 Å². The van der Waals surface area contributed by atoms with Gasteiger partial charge in [0.2, 0.25) is 5.95 Å². The first-order valence-corrected chi connectivity index (χ1v) is 20.1. The Morgan fingerprint density at radius 1 is 0.390 bits per heavy atom. The molecule has 1 aliphatic rings. The molecule has 2 heterocycles. The van der Waals surface area contributed by atoms with E-state index < -0.39 is 0 Å². The molecule has 0 fully saturated rings. The molecule has 10 aromatic rings. The maximum absolute atomic E-state index is 5.27. The number of hydrogen-bond acceptors (Lipinski definition) is 4. The van der Waals surface area contributed by atoms with Crippen molar-refractivity contribution in [1.82, 2.24) is 19.5 Å². The van der Waals surface area contributed by atoms with E-state index in [-0.39, 0.29) is 5.41 Å². The molecule has 5 nitrogen and oxygen atoms in total. The number of nitrogens with zero attached hydrogens (tertiary/aromatic N) is 5. The van der Waals surface area contributed by atoms with Crippen LogP contribution in [0.4, 0.5) is 17.1 Å². The molecule has 0 aliphatic heterocycles. The Kier molecular flexibility index (Phi) is 8.09. The topological polar surface area (TPSA) is 46.8 Å². The van der Waals surface area contributed by atoms with Gasteiger partial charge < -0.3 is 4.90 Å². The number of benzene rings is 8. The molecule has 0 N–H and O–H groups in total. The highest BCUT2D eigenvalue weighted by atomic mass is 15.2. The minimum atomic E-state index is -0.153. The molecule has 0 radical (unpaired) electrons. The summed E-state index contributed by atoms with van der Waals surface area (Å²) < 4.78 is 2.18. The average molecular weight is 758 g/mol. The number of para-hydroxylation sites is 4. The summed E-state index contributed by atoms with van der Waals surface area (Å²) in [6, 6.07) is 70.7. The molecule has 59 heavy (non-hydrogen) atoms. The number of fused-ring (bicyclic) bond motifs is 6. The highest BCUT2D eigenvalue weighted by molar-refractivity contribution is 6.09. The van der Waals surface area contributed by atoms with Crippen LogP contribution in [0.15, 0.2) is 200 Å². The summed E-state index contributed by atoms with van der Waals surface area (Å²) in [6.45, 7) is 4.61. The summed E-state index contributed by atoms with van der Waals surface area (Å²) in [5.41, 5.74) is 14.5. The smallest absolute Gasteiger partial charge is 0.238 e. The van der Waals surface area contributed by atoms with Gasteiger partial charge in [0.1, 0.15) is 0 Å². The van der Waals surface area contributed by atoms with Crippen molar-refractivity contribution < 1.29 is 0 Å². The molecule has 5 heteroatoms. The molecule has 0 unspecified atom stereocenters. The predicted molar refractivity (Wildman–Crippen MR) is 243 cm³/mol. The number of rotatable bonds is 7. The van der Waals surface area contributed by atoms with Crippen molar-refractivity contribution in [2.75, 3.05) is 4.90 Å². The van der Waals surface area contributed by atoms with Gasteiger partial charge in [-0.15, -0.1) is 0 Å². The first-order valence-electron chi connectivity index (χ1n) is 20.1. The molecule has 2 aromatic heterocycles. The van der Waals surface area contributed by atoms with E-state index in [0.717, 1.165) is 61.1 Å². The summed E-state index contributed by atoms with van der Waals surface area (Å²) in [5.74, 6) is 1.85. The summed E-state index contributed by atoms with van der Waals surface area (Å²) >= 11 is 0. The first-order chi connectivity index (χ1) is 29.0. The fourth-order valence-corrected chi connectivity index (χ4v) is 8.94. The highest BCUT2D eigenvalue weighted by Crippen LogP contribution is 2.49. The monoisotopic (exact) mass is 757 g/mol. The average Bonchev–Trinajstić information content (AvgIpc) is 3.75. The fourth-order valence-electron chi connectivity index (χ4n) is 8.94. The predicted octanol–water partition coefficient (Wildman–Crippen LogP) is 13.7. The van der Waals surface area contributed by atoms with Crippen LogP contribution in [0.1, 0.15) is 25.0 Å². The van der Waals surface area contributed by atoms with Crippen LogP contribution in [0.3, 0.4) is 0 Å². The minimum absolute atomic E-state index is 0.153. The molecular weight excluding hydrogens is 719 g/mol. The van der Waals surface area contributed by atoms with E-state index in [9.17, 15) is 0 Å². The molecule has 0 atom stereocenters. The van der Waals surface area contributed by atoms with Gasteiger partial charge in [0, 0.05) is 44.4 Å². The fraction of sp³-hybridized carbons (Fsp3) is 0.0556. The van der Waals surface area contributed by atoms with Crippen LogP contribution in [0, 0.1) is 0 Å². The normalized spacial score (nSPS) is 12.7. The molecule has 11 rings (SSSR count). The van der Waals surface area contributed by atoms with Crippen LogP contribution in [-0.2, 0) is 5.41 Å². The Balaban J connectivity index is 1.03. The zero-order valence-corrected chi connectivity index (χ0v) is 32.8. The van der Waals surface area contributed by atoms with Crippen molar-refractivity contribution >= 4 is 38.9 Å². The number of hydrogen-bond donors (Lipinski definition) is 0. The van der Waals surface area contributed by atoms with E-state index in [0.29, 0.717) is 17.6 Å². The van der Waals surface area contributed by atoms with Gasteiger partial charge in [-0.25, -0.2) is 4.98 Å². The first kappa shape index (κ1) is 34.6. The molecule has 1 aliphatic carbocycles. The largest absolute Gasteiger partial charge is 0.310 e. The molecule has 280 valence electrons. The van der Waals surface area contributed by atoms with Crippen LogP contribution in [0.2, 0.25) is 0 Å². The summed E-state index contributed by atoms with van der Waals surface area (Å²) in [6.07, 6.45) is 0. The maximum Gasteiger partial charge on any atom is 0.238 e. The molecular formula is C54H39N5. The van der Waals surface area contributed by atoms with Gasteiger partial charge in [-0.2, -0.15) is 9.97 Å². The third-order valence-electron chi connectivity index (χ3n) is 11.9. The second-order valence-corrected chi connectivity index (χ2v) is 15.7. The summed E-state index contributed by atoms with van der Waals surface area (Å²) in [5, 5.41) is 2.32. The molecule has 8 aromatic carbocycles. The molecule has 0 saturated carbocycles. The van der Waals surface area contributed by atoms with E-state index in [1.165, 1.54) is 22.3 Å². The van der Waals surface area contributed by atoms with Crippen molar-refractivity contribution in [3.05, 3.63) is 211 Å². The Hall–Kier alpha value is -7.63. The quantitative estimate of drug-likeness (QED) is 0.162. The molecule has 0 amide bonds. The Morgan fingerprint density at radius 3 is 1.59 bits per heavy atom. The molecule has 0 bridgehead atoms.